The SMILES string of the molecule is C#CCOc1ccc(/C=C2\SC(=O)N(CC(=O)NCc3ccc(C)cc3)C2=O)cc1. The van der Waals surface area contributed by atoms with Gasteiger partial charge in [-0.25, -0.2) is 0 Å². The zero-order valence-corrected chi connectivity index (χ0v) is 17.2. The van der Waals surface area contributed by atoms with Gasteiger partial charge in [-0.1, -0.05) is 47.9 Å². The maximum atomic E-state index is 12.6. The lowest BCUT2D eigenvalue weighted by atomic mass is 10.1. The molecule has 0 saturated carbocycles. The Morgan fingerprint density at radius 1 is 1.17 bits per heavy atom. The fraction of sp³-hybridized carbons (Fsp3) is 0.174. The maximum absolute atomic E-state index is 12.6. The molecule has 2 aromatic carbocycles. The summed E-state index contributed by atoms with van der Waals surface area (Å²) in [6.45, 7) is 2.17. The first-order valence-corrected chi connectivity index (χ1v) is 10.0. The second-order valence-electron chi connectivity index (χ2n) is 6.59. The summed E-state index contributed by atoms with van der Waals surface area (Å²) in [7, 11) is 0. The predicted octanol–water partition coefficient (Wildman–Crippen LogP) is 3.36. The number of carbonyl (C=O) groups excluding carboxylic acids is 3. The number of thioether (sulfide) groups is 1. The quantitative estimate of drug-likeness (QED) is 0.549. The molecule has 0 bridgehead atoms. The molecule has 0 spiro atoms. The van der Waals surface area contributed by atoms with Crippen molar-refractivity contribution in [3.05, 3.63) is 70.1 Å². The van der Waals surface area contributed by atoms with E-state index in [0.717, 1.165) is 33.4 Å². The highest BCUT2D eigenvalue weighted by Gasteiger charge is 2.36. The van der Waals surface area contributed by atoms with Crippen LogP contribution in [-0.4, -0.2) is 35.1 Å². The highest BCUT2D eigenvalue weighted by atomic mass is 32.2. The number of rotatable bonds is 7. The van der Waals surface area contributed by atoms with Gasteiger partial charge in [0.1, 0.15) is 18.9 Å². The van der Waals surface area contributed by atoms with Crippen molar-refractivity contribution in [2.45, 2.75) is 13.5 Å². The van der Waals surface area contributed by atoms with Gasteiger partial charge in [-0.15, -0.1) is 6.42 Å². The summed E-state index contributed by atoms with van der Waals surface area (Å²) in [5, 5.41) is 2.27. The summed E-state index contributed by atoms with van der Waals surface area (Å²) >= 11 is 0.814. The van der Waals surface area contributed by atoms with E-state index in [4.69, 9.17) is 11.2 Å². The van der Waals surface area contributed by atoms with Gasteiger partial charge in [0.2, 0.25) is 5.91 Å². The normalized spacial score (nSPS) is 14.7. The molecule has 3 rings (SSSR count). The van der Waals surface area contributed by atoms with Crippen LogP contribution in [0.1, 0.15) is 16.7 Å². The highest BCUT2D eigenvalue weighted by Crippen LogP contribution is 2.32. The Morgan fingerprint density at radius 3 is 2.53 bits per heavy atom. The number of aryl methyl sites for hydroxylation is 1. The van der Waals surface area contributed by atoms with E-state index in [1.165, 1.54) is 0 Å². The number of nitrogens with one attached hydrogen (secondary N) is 1. The molecule has 0 atom stereocenters. The van der Waals surface area contributed by atoms with E-state index in [1.54, 1.807) is 30.3 Å². The Morgan fingerprint density at radius 2 is 1.87 bits per heavy atom. The Kier molecular flexibility index (Phi) is 6.94. The van der Waals surface area contributed by atoms with Crippen LogP contribution < -0.4 is 10.1 Å². The molecule has 1 aliphatic heterocycles. The average Bonchev–Trinajstić information content (AvgIpc) is 3.00. The van der Waals surface area contributed by atoms with Crippen molar-refractivity contribution in [3.63, 3.8) is 0 Å². The number of carbonyl (C=O) groups is 3. The molecule has 0 aromatic heterocycles. The number of ether oxygens (including phenoxy) is 1. The lowest BCUT2D eigenvalue weighted by Gasteiger charge is -2.12. The summed E-state index contributed by atoms with van der Waals surface area (Å²) in [5.41, 5.74) is 2.81. The van der Waals surface area contributed by atoms with Crippen molar-refractivity contribution in [1.29, 1.82) is 0 Å². The second kappa shape index (κ2) is 9.81. The van der Waals surface area contributed by atoms with Gasteiger partial charge in [0.15, 0.2) is 0 Å². The van der Waals surface area contributed by atoms with Crippen LogP contribution in [0.4, 0.5) is 4.79 Å². The van der Waals surface area contributed by atoms with Gasteiger partial charge in [0.05, 0.1) is 4.91 Å². The first kappa shape index (κ1) is 21.2. The van der Waals surface area contributed by atoms with Gasteiger partial charge in [0, 0.05) is 6.54 Å². The first-order valence-electron chi connectivity index (χ1n) is 9.20. The van der Waals surface area contributed by atoms with Crippen molar-refractivity contribution >= 4 is 34.9 Å². The van der Waals surface area contributed by atoms with Crippen LogP contribution in [0.15, 0.2) is 53.4 Å². The van der Waals surface area contributed by atoms with Crippen LogP contribution in [0, 0.1) is 19.3 Å². The third-order valence-corrected chi connectivity index (χ3v) is 5.19. The number of hydrogen-bond donors (Lipinski definition) is 1. The van der Waals surface area contributed by atoms with E-state index >= 15 is 0 Å². The summed E-state index contributed by atoms with van der Waals surface area (Å²) < 4.78 is 5.30. The van der Waals surface area contributed by atoms with Gasteiger partial charge in [0.25, 0.3) is 11.1 Å². The molecule has 1 heterocycles. The summed E-state index contributed by atoms with van der Waals surface area (Å²) in [5.74, 6) is 2.12. The minimum atomic E-state index is -0.483. The maximum Gasteiger partial charge on any atom is 0.294 e. The topological polar surface area (TPSA) is 75.7 Å². The number of terminal acetylenes is 1. The van der Waals surface area contributed by atoms with Crippen LogP contribution in [0.3, 0.4) is 0 Å². The van der Waals surface area contributed by atoms with Crippen LogP contribution in [0.2, 0.25) is 0 Å². The van der Waals surface area contributed by atoms with E-state index in [9.17, 15) is 14.4 Å². The second-order valence-corrected chi connectivity index (χ2v) is 7.59. The molecule has 0 aliphatic carbocycles. The van der Waals surface area contributed by atoms with Crippen LogP contribution >= 0.6 is 11.8 Å². The number of hydrogen-bond acceptors (Lipinski definition) is 5. The highest BCUT2D eigenvalue weighted by molar-refractivity contribution is 8.18. The van der Waals surface area contributed by atoms with Gasteiger partial charge in [-0.2, -0.15) is 0 Å². The average molecular weight is 420 g/mol. The third-order valence-electron chi connectivity index (χ3n) is 4.29. The molecular formula is C23H20N2O4S. The number of imide groups is 1. The Labute approximate surface area is 179 Å². The molecule has 1 saturated heterocycles. The molecule has 0 radical (unpaired) electrons. The van der Waals surface area contributed by atoms with Crippen LogP contribution in [0.25, 0.3) is 6.08 Å². The number of nitrogens with zero attached hydrogens (tertiary/aromatic N) is 1. The minimum absolute atomic E-state index is 0.171. The zero-order valence-electron chi connectivity index (χ0n) is 16.4. The van der Waals surface area contributed by atoms with Gasteiger partial charge < -0.3 is 10.1 Å². The fourth-order valence-corrected chi connectivity index (χ4v) is 3.52. The molecule has 6 nitrogen and oxygen atoms in total. The van der Waals surface area contributed by atoms with E-state index in [2.05, 4.69) is 11.2 Å². The Bertz CT molecular complexity index is 1020. The zero-order chi connectivity index (χ0) is 21.5. The Balaban J connectivity index is 1.58. The smallest absolute Gasteiger partial charge is 0.294 e. The van der Waals surface area contributed by atoms with Crippen LogP contribution in [-0.2, 0) is 16.1 Å². The molecular weight excluding hydrogens is 400 g/mol. The molecule has 152 valence electrons. The minimum Gasteiger partial charge on any atom is -0.481 e. The monoisotopic (exact) mass is 420 g/mol. The molecule has 1 fully saturated rings. The van der Waals surface area contributed by atoms with Crippen molar-refractivity contribution < 1.29 is 19.1 Å². The van der Waals surface area contributed by atoms with E-state index in [-0.39, 0.29) is 18.1 Å². The van der Waals surface area contributed by atoms with E-state index < -0.39 is 17.1 Å². The summed E-state index contributed by atoms with van der Waals surface area (Å²) in [6, 6.07) is 14.7. The van der Waals surface area contributed by atoms with Gasteiger partial charge in [-0.05, 0) is 48.0 Å². The number of amides is 3. The van der Waals surface area contributed by atoms with Gasteiger partial charge >= 0.3 is 0 Å². The molecule has 30 heavy (non-hydrogen) atoms. The molecule has 2 aromatic rings. The van der Waals surface area contributed by atoms with E-state index in [1.807, 2.05) is 31.2 Å². The standard InChI is InChI=1S/C23H20N2O4S/c1-3-12-29-19-10-8-17(9-11-19)13-20-22(27)25(23(28)30-20)15-21(26)24-14-18-6-4-16(2)5-7-18/h1,4-11,13H,12,14-15H2,2H3,(H,24,26)/b20-13-. The van der Waals surface area contributed by atoms with Gasteiger partial charge in [-0.3, -0.25) is 19.3 Å². The largest absolute Gasteiger partial charge is 0.481 e. The summed E-state index contributed by atoms with van der Waals surface area (Å²) in [6.07, 6.45) is 6.77. The summed E-state index contributed by atoms with van der Waals surface area (Å²) in [4.78, 5) is 38.2. The van der Waals surface area contributed by atoms with Crippen molar-refractivity contribution in [3.8, 4) is 18.1 Å². The predicted molar refractivity (Wildman–Crippen MR) is 116 cm³/mol. The molecule has 7 heteroatoms. The van der Waals surface area contributed by atoms with E-state index in [0.29, 0.717) is 12.3 Å². The molecule has 3 amide bonds. The molecule has 1 aliphatic rings. The fourth-order valence-electron chi connectivity index (χ4n) is 2.68. The Hall–Kier alpha value is -3.50. The lowest BCUT2D eigenvalue weighted by molar-refractivity contribution is -0.129. The first-order chi connectivity index (χ1) is 14.5. The van der Waals surface area contributed by atoms with Crippen molar-refractivity contribution in [2.24, 2.45) is 0 Å². The third kappa shape index (κ3) is 5.52. The van der Waals surface area contributed by atoms with Crippen molar-refractivity contribution in [2.75, 3.05) is 13.2 Å². The lowest BCUT2D eigenvalue weighted by Crippen LogP contribution is -2.39. The molecule has 0 unspecified atom stereocenters. The molecule has 1 N–H and O–H groups in total. The van der Waals surface area contributed by atoms with Crippen LogP contribution in [0.5, 0.6) is 5.75 Å². The number of benzene rings is 2. The van der Waals surface area contributed by atoms with Crippen molar-refractivity contribution in [1.82, 2.24) is 10.2 Å².